The molecule has 1 aliphatic rings. The number of nitrogens with zero attached hydrogens (tertiary/aromatic N) is 3. The first kappa shape index (κ1) is 17.5. The summed E-state index contributed by atoms with van der Waals surface area (Å²) in [7, 11) is 1.80. The van der Waals surface area contributed by atoms with E-state index < -0.39 is 0 Å². The molecule has 0 saturated carbocycles. The normalized spacial score (nSPS) is 19.9. The summed E-state index contributed by atoms with van der Waals surface area (Å²) in [5.41, 5.74) is 0.143. The highest BCUT2D eigenvalue weighted by Gasteiger charge is 2.37. The van der Waals surface area contributed by atoms with Crippen LogP contribution in [0, 0.1) is 0 Å². The lowest BCUT2D eigenvalue weighted by Crippen LogP contribution is -2.60. The Kier molecular flexibility index (Phi) is 5.09. The van der Waals surface area contributed by atoms with Crippen molar-refractivity contribution in [2.45, 2.75) is 57.7 Å². The molecule has 1 fully saturated rings. The van der Waals surface area contributed by atoms with E-state index in [1.165, 1.54) is 0 Å². The van der Waals surface area contributed by atoms with Crippen LogP contribution in [-0.2, 0) is 0 Å². The summed E-state index contributed by atoms with van der Waals surface area (Å²) in [5.74, 6) is 1.68. The van der Waals surface area contributed by atoms with E-state index in [4.69, 9.17) is 0 Å². The quantitative estimate of drug-likeness (QED) is 0.598. The van der Waals surface area contributed by atoms with Crippen molar-refractivity contribution in [2.24, 2.45) is 0 Å². The van der Waals surface area contributed by atoms with Crippen molar-refractivity contribution < 1.29 is 0 Å². The van der Waals surface area contributed by atoms with Gasteiger partial charge in [-0.3, -0.25) is 0 Å². The Morgan fingerprint density at radius 2 is 1.65 bits per heavy atom. The summed E-state index contributed by atoms with van der Waals surface area (Å²) in [5, 5.41) is 13.2. The molecule has 2 rings (SSSR count). The molecule has 1 aromatic heterocycles. The second kappa shape index (κ2) is 6.70. The van der Waals surface area contributed by atoms with Gasteiger partial charge in [-0.1, -0.05) is 6.08 Å². The summed E-state index contributed by atoms with van der Waals surface area (Å²) in [6.07, 6.45) is 3.78. The fourth-order valence-electron chi connectivity index (χ4n) is 3.40. The van der Waals surface area contributed by atoms with Crippen molar-refractivity contribution in [1.82, 2.24) is 20.3 Å². The van der Waals surface area contributed by atoms with E-state index in [9.17, 15) is 0 Å². The first-order valence-electron chi connectivity index (χ1n) is 8.07. The summed E-state index contributed by atoms with van der Waals surface area (Å²) in [4.78, 5) is 13.2. The van der Waals surface area contributed by atoms with Crippen molar-refractivity contribution in [3.8, 4) is 0 Å². The monoisotopic (exact) mass is 319 g/mol. The van der Waals surface area contributed by atoms with Gasteiger partial charge in [0.2, 0.25) is 17.8 Å². The van der Waals surface area contributed by atoms with Crippen LogP contribution in [0.15, 0.2) is 12.7 Å². The van der Waals surface area contributed by atoms with Gasteiger partial charge in [0, 0.05) is 30.7 Å². The lowest BCUT2D eigenvalue weighted by atomic mass is 9.80. The maximum Gasteiger partial charge on any atom is 0.229 e. The van der Waals surface area contributed by atoms with Crippen LogP contribution in [-0.4, -0.2) is 45.7 Å². The van der Waals surface area contributed by atoms with Gasteiger partial charge in [-0.05, 0) is 40.5 Å². The molecule has 1 aliphatic heterocycles. The minimum absolute atomic E-state index is 0.0716. The molecule has 7 nitrogen and oxygen atoms in total. The lowest BCUT2D eigenvalue weighted by Gasteiger charge is -2.46. The molecule has 0 bridgehead atoms. The Bertz CT molecular complexity index is 537. The molecule has 0 spiro atoms. The Balaban J connectivity index is 2.16. The standard InChI is InChI=1S/C16H29N7/c1-7-8-18-13-20-12(17-6)21-14(22-13)19-11-9-15(2,3)23-16(4,5)10-11/h7,11,23H,1,8-10H2,2-6H3,(H3,17,18,19,20,21,22). The second-order valence-electron chi connectivity index (χ2n) is 7.37. The third kappa shape index (κ3) is 5.06. The number of aromatic nitrogens is 3. The van der Waals surface area contributed by atoms with Gasteiger partial charge in [0.1, 0.15) is 0 Å². The molecule has 4 N–H and O–H groups in total. The van der Waals surface area contributed by atoms with E-state index in [-0.39, 0.29) is 11.1 Å². The predicted molar refractivity (Wildman–Crippen MR) is 96.0 cm³/mol. The van der Waals surface area contributed by atoms with Crippen molar-refractivity contribution in [3.05, 3.63) is 12.7 Å². The highest BCUT2D eigenvalue weighted by molar-refractivity contribution is 5.42. The van der Waals surface area contributed by atoms with Crippen molar-refractivity contribution in [1.29, 1.82) is 0 Å². The van der Waals surface area contributed by atoms with Crippen LogP contribution in [0.4, 0.5) is 17.8 Å². The minimum atomic E-state index is 0.0716. The van der Waals surface area contributed by atoms with Crippen molar-refractivity contribution >= 4 is 17.8 Å². The summed E-state index contributed by atoms with van der Waals surface area (Å²) >= 11 is 0. The van der Waals surface area contributed by atoms with E-state index in [0.29, 0.717) is 30.4 Å². The number of hydrogen-bond donors (Lipinski definition) is 4. The molecule has 0 radical (unpaired) electrons. The van der Waals surface area contributed by atoms with Gasteiger partial charge in [-0.15, -0.1) is 6.58 Å². The molecule has 1 saturated heterocycles. The molecule has 1 aromatic rings. The van der Waals surface area contributed by atoms with E-state index in [1.807, 2.05) is 0 Å². The largest absolute Gasteiger partial charge is 0.357 e. The predicted octanol–water partition coefficient (Wildman–Crippen LogP) is 2.23. The van der Waals surface area contributed by atoms with Crippen molar-refractivity contribution in [2.75, 3.05) is 29.5 Å². The average Bonchev–Trinajstić information content (AvgIpc) is 2.41. The Morgan fingerprint density at radius 3 is 2.22 bits per heavy atom. The Labute approximate surface area is 138 Å². The highest BCUT2D eigenvalue weighted by Crippen LogP contribution is 2.30. The number of hydrogen-bond acceptors (Lipinski definition) is 7. The molecule has 2 heterocycles. The second-order valence-corrected chi connectivity index (χ2v) is 7.37. The molecular weight excluding hydrogens is 290 g/mol. The fourth-order valence-corrected chi connectivity index (χ4v) is 3.40. The maximum absolute atomic E-state index is 4.46. The zero-order valence-corrected chi connectivity index (χ0v) is 14.8. The van der Waals surface area contributed by atoms with Gasteiger partial charge in [0.25, 0.3) is 0 Å². The topological polar surface area (TPSA) is 86.8 Å². The van der Waals surface area contributed by atoms with Crippen molar-refractivity contribution in [3.63, 3.8) is 0 Å². The SMILES string of the molecule is C=CCNc1nc(NC)nc(NC2CC(C)(C)NC(C)(C)C2)n1. The van der Waals surface area contributed by atoms with E-state index in [2.05, 4.69) is 70.5 Å². The van der Waals surface area contributed by atoms with Crippen LogP contribution in [0.3, 0.4) is 0 Å². The lowest BCUT2D eigenvalue weighted by molar-refractivity contribution is 0.170. The Morgan fingerprint density at radius 1 is 1.09 bits per heavy atom. The first-order valence-corrected chi connectivity index (χ1v) is 8.07. The van der Waals surface area contributed by atoms with Crippen LogP contribution in [0.5, 0.6) is 0 Å². The molecule has 0 amide bonds. The van der Waals surface area contributed by atoms with Gasteiger partial charge >= 0.3 is 0 Å². The molecule has 23 heavy (non-hydrogen) atoms. The summed E-state index contributed by atoms with van der Waals surface area (Å²) < 4.78 is 0. The van der Waals surface area contributed by atoms with E-state index in [1.54, 1.807) is 13.1 Å². The van der Waals surface area contributed by atoms with Gasteiger partial charge in [-0.2, -0.15) is 15.0 Å². The smallest absolute Gasteiger partial charge is 0.229 e. The van der Waals surface area contributed by atoms with Gasteiger partial charge in [0.05, 0.1) is 0 Å². The molecule has 0 aromatic carbocycles. The summed E-state index contributed by atoms with van der Waals surface area (Å²) in [6.45, 7) is 13.2. The van der Waals surface area contributed by atoms with Crippen LogP contribution >= 0.6 is 0 Å². The van der Waals surface area contributed by atoms with E-state index in [0.717, 1.165) is 12.8 Å². The third-order valence-electron chi connectivity index (χ3n) is 3.79. The molecule has 0 unspecified atom stereocenters. The fraction of sp³-hybridized carbons (Fsp3) is 0.688. The highest BCUT2D eigenvalue weighted by atomic mass is 15.3. The number of rotatable bonds is 6. The summed E-state index contributed by atoms with van der Waals surface area (Å²) in [6, 6.07) is 0.306. The third-order valence-corrected chi connectivity index (χ3v) is 3.79. The van der Waals surface area contributed by atoms with Gasteiger partial charge in [-0.25, -0.2) is 0 Å². The van der Waals surface area contributed by atoms with E-state index >= 15 is 0 Å². The molecule has 7 heteroatoms. The van der Waals surface area contributed by atoms with Crippen LogP contribution in [0.2, 0.25) is 0 Å². The number of nitrogens with one attached hydrogen (secondary N) is 4. The van der Waals surface area contributed by atoms with Crippen LogP contribution in [0.1, 0.15) is 40.5 Å². The molecule has 0 aliphatic carbocycles. The van der Waals surface area contributed by atoms with Crippen LogP contribution in [0.25, 0.3) is 0 Å². The minimum Gasteiger partial charge on any atom is -0.357 e. The van der Waals surface area contributed by atoms with Gasteiger partial charge in [0.15, 0.2) is 0 Å². The zero-order chi connectivity index (χ0) is 17.1. The number of anilines is 3. The maximum atomic E-state index is 4.46. The average molecular weight is 319 g/mol. The van der Waals surface area contributed by atoms with Gasteiger partial charge < -0.3 is 21.3 Å². The first-order chi connectivity index (χ1) is 10.7. The molecule has 0 atom stereocenters. The zero-order valence-electron chi connectivity index (χ0n) is 14.8. The molecular formula is C16H29N7. The number of piperidine rings is 1. The molecule has 128 valence electrons. The van der Waals surface area contributed by atoms with Crippen LogP contribution < -0.4 is 21.3 Å². The Hall–Kier alpha value is -1.89.